The zero-order valence-corrected chi connectivity index (χ0v) is 16.0. The first-order chi connectivity index (χ1) is 12.1. The lowest BCUT2D eigenvalue weighted by atomic mass is 10.0. The lowest BCUT2D eigenvalue weighted by Gasteiger charge is -2.38. The van der Waals surface area contributed by atoms with E-state index in [1.807, 2.05) is 25.1 Å². The van der Waals surface area contributed by atoms with Gasteiger partial charge in [0.1, 0.15) is 0 Å². The first-order valence-corrected chi connectivity index (χ1v) is 9.94. The maximum Gasteiger partial charge on any atom is 0.241 e. The Kier molecular flexibility index (Phi) is 6.13. The van der Waals surface area contributed by atoms with Crippen LogP contribution in [0.3, 0.4) is 0 Å². The van der Waals surface area contributed by atoms with Gasteiger partial charge in [-0.3, -0.25) is 9.69 Å². The zero-order chi connectivity index (χ0) is 17.8. The van der Waals surface area contributed by atoms with Crippen LogP contribution >= 0.6 is 0 Å². The Hall–Kier alpha value is -1.39. The summed E-state index contributed by atoms with van der Waals surface area (Å²) in [5.41, 5.74) is 2.16. The van der Waals surface area contributed by atoms with Gasteiger partial charge in [-0.2, -0.15) is 0 Å². The molecule has 1 amide bonds. The molecule has 2 saturated heterocycles. The van der Waals surface area contributed by atoms with Crippen LogP contribution in [0.15, 0.2) is 24.3 Å². The summed E-state index contributed by atoms with van der Waals surface area (Å²) in [4.78, 5) is 17.8. The van der Waals surface area contributed by atoms with Crippen LogP contribution in [0, 0.1) is 0 Å². The number of amides is 1. The number of nitrogens with zero attached hydrogens (tertiary/aromatic N) is 2. The first-order valence-electron chi connectivity index (χ1n) is 9.94. The number of anilines is 1. The molecule has 2 fully saturated rings. The van der Waals surface area contributed by atoms with Crippen molar-refractivity contribution in [3.8, 4) is 0 Å². The van der Waals surface area contributed by atoms with Crippen molar-refractivity contribution in [2.45, 2.75) is 64.5 Å². The smallest absolute Gasteiger partial charge is 0.241 e. The van der Waals surface area contributed by atoms with Gasteiger partial charge in [-0.25, -0.2) is 0 Å². The Morgan fingerprint density at radius 1 is 1.04 bits per heavy atom. The molecule has 2 heterocycles. The molecule has 0 bridgehead atoms. The topological polar surface area (TPSA) is 35.6 Å². The summed E-state index contributed by atoms with van der Waals surface area (Å²) in [5, 5.41) is 3.16. The van der Waals surface area contributed by atoms with Crippen LogP contribution in [-0.2, 0) is 4.79 Å². The molecule has 1 unspecified atom stereocenters. The summed E-state index contributed by atoms with van der Waals surface area (Å²) in [6.45, 7) is 11.0. The highest BCUT2D eigenvalue weighted by molar-refractivity contribution is 5.95. The van der Waals surface area contributed by atoms with E-state index in [2.05, 4.69) is 35.0 Å². The summed E-state index contributed by atoms with van der Waals surface area (Å²) in [7, 11) is 0. The van der Waals surface area contributed by atoms with Gasteiger partial charge in [0.25, 0.3) is 0 Å². The molecule has 0 aromatic heterocycles. The Morgan fingerprint density at radius 3 is 2.32 bits per heavy atom. The van der Waals surface area contributed by atoms with E-state index < -0.39 is 0 Å². The molecule has 1 N–H and O–H groups in total. The Morgan fingerprint density at radius 2 is 1.68 bits per heavy atom. The fourth-order valence-corrected chi connectivity index (χ4v) is 4.26. The highest BCUT2D eigenvalue weighted by Gasteiger charge is 2.30. The number of carbonyl (C=O) groups excluding carboxylic acids is 1. The lowest BCUT2D eigenvalue weighted by molar-refractivity contribution is -0.121. The summed E-state index contributed by atoms with van der Waals surface area (Å²) in [5.74, 6) is 0.524. The van der Waals surface area contributed by atoms with Crippen LogP contribution in [0.5, 0.6) is 0 Å². The van der Waals surface area contributed by atoms with Gasteiger partial charge in [0.2, 0.25) is 5.91 Å². The van der Waals surface area contributed by atoms with E-state index in [9.17, 15) is 4.79 Å². The third kappa shape index (κ3) is 4.42. The molecule has 25 heavy (non-hydrogen) atoms. The second-order valence-corrected chi connectivity index (χ2v) is 7.92. The van der Waals surface area contributed by atoms with Gasteiger partial charge >= 0.3 is 0 Å². The molecule has 1 aromatic rings. The molecule has 0 aliphatic carbocycles. The average Bonchev–Trinajstić information content (AvgIpc) is 3.16. The number of benzene rings is 1. The van der Waals surface area contributed by atoms with Crippen molar-refractivity contribution in [1.82, 2.24) is 9.80 Å². The quantitative estimate of drug-likeness (QED) is 0.885. The lowest BCUT2D eigenvalue weighted by Crippen LogP contribution is -2.50. The number of hydrogen-bond acceptors (Lipinski definition) is 3. The summed E-state index contributed by atoms with van der Waals surface area (Å²) < 4.78 is 0. The van der Waals surface area contributed by atoms with E-state index in [0.717, 1.165) is 24.8 Å². The molecule has 1 aromatic carbocycles. The number of likely N-dealkylation sites (tertiary alicyclic amines) is 2. The Bertz CT molecular complexity index is 572. The van der Waals surface area contributed by atoms with Gasteiger partial charge in [-0.1, -0.05) is 32.0 Å². The highest BCUT2D eigenvalue weighted by Crippen LogP contribution is 2.25. The largest absolute Gasteiger partial charge is 0.324 e. The molecule has 3 rings (SSSR count). The van der Waals surface area contributed by atoms with E-state index in [-0.39, 0.29) is 11.9 Å². The molecule has 0 spiro atoms. The third-order valence-electron chi connectivity index (χ3n) is 5.92. The maximum atomic E-state index is 12.8. The highest BCUT2D eigenvalue weighted by atomic mass is 16.2. The third-order valence-corrected chi connectivity index (χ3v) is 5.92. The molecule has 4 heteroatoms. The minimum absolute atomic E-state index is 0.0697. The van der Waals surface area contributed by atoms with Gasteiger partial charge < -0.3 is 10.2 Å². The van der Waals surface area contributed by atoms with Gasteiger partial charge in [-0.15, -0.1) is 0 Å². The molecule has 2 aliphatic rings. The standard InChI is InChI=1S/C21H33N3O/c1-16(2)19-8-4-5-9-20(19)22-21(25)17(3)23-14-10-18(11-15-23)24-12-6-7-13-24/h4-5,8-9,16-18H,6-7,10-15H2,1-3H3,(H,22,25). The molecule has 4 nitrogen and oxygen atoms in total. The van der Waals surface area contributed by atoms with Crippen molar-refractivity contribution in [2.24, 2.45) is 0 Å². The Balaban J connectivity index is 1.55. The van der Waals surface area contributed by atoms with Crippen molar-refractivity contribution < 1.29 is 4.79 Å². The molecule has 2 aliphatic heterocycles. The van der Waals surface area contributed by atoms with Crippen LogP contribution in [0.1, 0.15) is 57.9 Å². The normalized spacial score (nSPS) is 21.6. The molecule has 0 saturated carbocycles. The zero-order valence-electron chi connectivity index (χ0n) is 16.0. The average molecular weight is 344 g/mol. The number of carbonyl (C=O) groups is 1. The van der Waals surface area contributed by atoms with Crippen LogP contribution < -0.4 is 5.32 Å². The van der Waals surface area contributed by atoms with E-state index in [1.165, 1.54) is 44.3 Å². The van der Waals surface area contributed by atoms with E-state index >= 15 is 0 Å². The van der Waals surface area contributed by atoms with E-state index in [4.69, 9.17) is 0 Å². The van der Waals surface area contributed by atoms with Crippen LogP contribution in [-0.4, -0.2) is 54.0 Å². The monoisotopic (exact) mass is 343 g/mol. The van der Waals surface area contributed by atoms with Gasteiger partial charge in [0.15, 0.2) is 0 Å². The second-order valence-electron chi connectivity index (χ2n) is 7.92. The second kappa shape index (κ2) is 8.33. The van der Waals surface area contributed by atoms with Gasteiger partial charge in [0, 0.05) is 24.8 Å². The minimum atomic E-state index is -0.0697. The van der Waals surface area contributed by atoms with Gasteiger partial charge in [-0.05, 0) is 63.2 Å². The molecular formula is C21H33N3O. The molecule has 1 atom stereocenters. The fourth-order valence-electron chi connectivity index (χ4n) is 4.26. The number of nitrogens with one attached hydrogen (secondary N) is 1. The SMILES string of the molecule is CC(C)c1ccccc1NC(=O)C(C)N1CCC(N2CCCC2)CC1. The molecule has 0 radical (unpaired) electrons. The molecular weight excluding hydrogens is 310 g/mol. The first kappa shape index (κ1) is 18.4. The molecule has 138 valence electrons. The summed E-state index contributed by atoms with van der Waals surface area (Å²) >= 11 is 0. The predicted octanol–water partition coefficient (Wildman–Crippen LogP) is 3.70. The van der Waals surface area contributed by atoms with Crippen molar-refractivity contribution in [3.05, 3.63) is 29.8 Å². The number of hydrogen-bond donors (Lipinski definition) is 1. The summed E-state index contributed by atoms with van der Waals surface area (Å²) in [6.07, 6.45) is 5.10. The van der Waals surface area contributed by atoms with E-state index in [1.54, 1.807) is 0 Å². The van der Waals surface area contributed by atoms with Crippen LogP contribution in [0.2, 0.25) is 0 Å². The van der Waals surface area contributed by atoms with Crippen LogP contribution in [0.4, 0.5) is 5.69 Å². The maximum absolute atomic E-state index is 12.8. The van der Waals surface area contributed by atoms with Crippen molar-refractivity contribution in [2.75, 3.05) is 31.5 Å². The predicted molar refractivity (Wildman–Crippen MR) is 104 cm³/mol. The van der Waals surface area contributed by atoms with Crippen molar-refractivity contribution >= 4 is 11.6 Å². The fraction of sp³-hybridized carbons (Fsp3) is 0.667. The summed E-state index contributed by atoms with van der Waals surface area (Å²) in [6, 6.07) is 8.81. The van der Waals surface area contributed by atoms with Crippen molar-refractivity contribution in [1.29, 1.82) is 0 Å². The number of piperidine rings is 1. The minimum Gasteiger partial charge on any atom is -0.324 e. The van der Waals surface area contributed by atoms with E-state index in [0.29, 0.717) is 5.92 Å². The Labute approximate surface area is 152 Å². The van der Waals surface area contributed by atoms with Crippen LogP contribution in [0.25, 0.3) is 0 Å². The van der Waals surface area contributed by atoms with Gasteiger partial charge in [0.05, 0.1) is 6.04 Å². The number of para-hydroxylation sites is 1. The van der Waals surface area contributed by atoms with Crippen molar-refractivity contribution in [3.63, 3.8) is 0 Å². The number of rotatable bonds is 5.